The average molecular weight is 311 g/mol. The minimum absolute atomic E-state index is 0.0455. The smallest absolute Gasteiger partial charge is 0.184 e. The fourth-order valence-electron chi connectivity index (χ4n) is 3.74. The summed E-state index contributed by atoms with van der Waals surface area (Å²) >= 11 is 6.08. The van der Waals surface area contributed by atoms with Gasteiger partial charge < -0.3 is 18.9 Å². The second-order valence-corrected chi connectivity index (χ2v) is 6.24. The van der Waals surface area contributed by atoms with Crippen molar-refractivity contribution in [2.45, 2.75) is 24.8 Å². The summed E-state index contributed by atoms with van der Waals surface area (Å²) in [5, 5.41) is 0. The molecule has 2 heterocycles. The Morgan fingerprint density at radius 2 is 2.00 bits per heavy atom. The van der Waals surface area contributed by atoms with E-state index in [1.807, 2.05) is 30.3 Å². The van der Waals surface area contributed by atoms with Gasteiger partial charge in [-0.25, -0.2) is 0 Å². The third-order valence-corrected chi connectivity index (χ3v) is 5.19. The molecule has 2 saturated heterocycles. The molecule has 0 amide bonds. The first kappa shape index (κ1) is 14.0. The lowest BCUT2D eigenvalue weighted by molar-refractivity contribution is -0.316. The predicted octanol–water partition coefficient (Wildman–Crippen LogP) is 2.57. The van der Waals surface area contributed by atoms with Crippen LogP contribution in [0.5, 0.6) is 0 Å². The maximum Gasteiger partial charge on any atom is 0.184 e. The molecule has 4 rings (SSSR count). The number of fused-ring (bicyclic) bond motifs is 3. The second kappa shape index (κ2) is 5.52. The summed E-state index contributed by atoms with van der Waals surface area (Å²) in [6.45, 7) is 0.530. The summed E-state index contributed by atoms with van der Waals surface area (Å²) in [6.07, 6.45) is -0.513. The van der Waals surface area contributed by atoms with E-state index >= 15 is 0 Å². The molecule has 0 spiro atoms. The molecule has 3 fully saturated rings. The first-order chi connectivity index (χ1) is 10.3. The summed E-state index contributed by atoms with van der Waals surface area (Å²) in [4.78, 5) is 0. The van der Waals surface area contributed by atoms with Crippen LogP contribution >= 0.6 is 11.6 Å². The van der Waals surface area contributed by atoms with Crippen molar-refractivity contribution < 1.29 is 18.9 Å². The van der Waals surface area contributed by atoms with Crippen molar-refractivity contribution in [2.75, 3.05) is 19.6 Å². The molecule has 2 aliphatic heterocycles. The van der Waals surface area contributed by atoms with Crippen LogP contribution in [0.2, 0.25) is 0 Å². The van der Waals surface area contributed by atoms with E-state index in [1.54, 1.807) is 7.11 Å². The Morgan fingerprint density at radius 1 is 1.19 bits per heavy atom. The minimum atomic E-state index is -0.313. The van der Waals surface area contributed by atoms with Gasteiger partial charge in [-0.2, -0.15) is 0 Å². The van der Waals surface area contributed by atoms with Gasteiger partial charge in [-0.05, 0) is 5.92 Å². The summed E-state index contributed by atoms with van der Waals surface area (Å²) in [7, 11) is 1.68. The van der Waals surface area contributed by atoms with Crippen LogP contribution in [-0.4, -0.2) is 38.1 Å². The average Bonchev–Trinajstić information content (AvgIpc) is 3.29. The van der Waals surface area contributed by atoms with Crippen LogP contribution in [0.25, 0.3) is 0 Å². The maximum atomic E-state index is 6.19. The van der Waals surface area contributed by atoms with Crippen LogP contribution in [0.4, 0.5) is 0 Å². The number of hydrogen-bond donors (Lipinski definition) is 0. The third-order valence-electron chi connectivity index (χ3n) is 4.84. The van der Waals surface area contributed by atoms with E-state index in [9.17, 15) is 0 Å². The van der Waals surface area contributed by atoms with Crippen molar-refractivity contribution in [3.63, 3.8) is 0 Å². The zero-order valence-electron chi connectivity index (χ0n) is 11.9. The van der Waals surface area contributed by atoms with Gasteiger partial charge in [0.1, 0.15) is 6.10 Å². The van der Waals surface area contributed by atoms with E-state index in [4.69, 9.17) is 30.5 Å². The lowest BCUT2D eigenvalue weighted by Crippen LogP contribution is -2.49. The molecule has 0 radical (unpaired) electrons. The van der Waals surface area contributed by atoms with Gasteiger partial charge in [-0.15, -0.1) is 11.6 Å². The van der Waals surface area contributed by atoms with Crippen LogP contribution in [0.1, 0.15) is 11.9 Å². The molecule has 21 heavy (non-hydrogen) atoms. The van der Waals surface area contributed by atoms with Gasteiger partial charge in [0.2, 0.25) is 0 Å². The Kier molecular flexibility index (Phi) is 3.67. The summed E-state index contributed by atoms with van der Waals surface area (Å²) in [5.41, 5.74) is 1.05. The van der Waals surface area contributed by atoms with E-state index in [1.165, 1.54) is 0 Å². The van der Waals surface area contributed by atoms with Crippen molar-refractivity contribution in [2.24, 2.45) is 17.8 Å². The number of halogens is 1. The SMILES string of the molecule is CO[C@H]1O[C@@H]2CO[C@@H](c3ccccc3)O[C@H]2[C@@H]2[C@H](CCl)[C@H]12. The fraction of sp³-hybridized carbons (Fsp3) is 0.625. The molecule has 0 N–H and O–H groups in total. The van der Waals surface area contributed by atoms with Crippen molar-refractivity contribution in [1.29, 1.82) is 0 Å². The molecular formula is C16H19ClO4. The van der Waals surface area contributed by atoms with Gasteiger partial charge >= 0.3 is 0 Å². The molecule has 1 saturated carbocycles. The first-order valence-electron chi connectivity index (χ1n) is 7.39. The van der Waals surface area contributed by atoms with E-state index in [2.05, 4.69) is 0 Å². The Balaban J connectivity index is 1.52. The molecule has 7 atom stereocenters. The Labute approximate surface area is 129 Å². The molecule has 0 unspecified atom stereocenters. The number of benzene rings is 1. The van der Waals surface area contributed by atoms with Gasteiger partial charge in [0.15, 0.2) is 12.6 Å². The van der Waals surface area contributed by atoms with E-state index in [0.29, 0.717) is 30.2 Å². The molecule has 3 aliphatic rings. The second-order valence-electron chi connectivity index (χ2n) is 5.93. The third kappa shape index (κ3) is 2.30. The topological polar surface area (TPSA) is 36.9 Å². The molecule has 1 aromatic rings. The first-order valence-corrected chi connectivity index (χ1v) is 7.93. The summed E-state index contributed by atoms with van der Waals surface area (Å²) in [6, 6.07) is 10.0. The monoisotopic (exact) mass is 310 g/mol. The highest BCUT2D eigenvalue weighted by Gasteiger charge is 2.65. The van der Waals surface area contributed by atoms with Crippen molar-refractivity contribution in [3.8, 4) is 0 Å². The van der Waals surface area contributed by atoms with Gasteiger partial charge in [0.25, 0.3) is 0 Å². The molecular weight excluding hydrogens is 292 g/mol. The van der Waals surface area contributed by atoms with Crippen molar-refractivity contribution in [1.82, 2.24) is 0 Å². The van der Waals surface area contributed by atoms with Crippen molar-refractivity contribution >= 4 is 11.6 Å². The number of methoxy groups -OCH3 is 1. The molecule has 5 heteroatoms. The van der Waals surface area contributed by atoms with Crippen LogP contribution in [0.3, 0.4) is 0 Å². The van der Waals surface area contributed by atoms with Gasteiger partial charge in [0, 0.05) is 30.4 Å². The van der Waals surface area contributed by atoms with Crippen LogP contribution in [0, 0.1) is 17.8 Å². The molecule has 1 aromatic carbocycles. The summed E-state index contributed by atoms with van der Waals surface area (Å²) in [5.74, 6) is 1.81. The van der Waals surface area contributed by atoms with Gasteiger partial charge in [-0.1, -0.05) is 30.3 Å². The maximum absolute atomic E-state index is 6.19. The lowest BCUT2D eigenvalue weighted by atomic mass is 10.0. The molecule has 4 nitrogen and oxygen atoms in total. The molecule has 0 aromatic heterocycles. The number of ether oxygens (including phenoxy) is 4. The highest BCUT2D eigenvalue weighted by molar-refractivity contribution is 6.18. The highest BCUT2D eigenvalue weighted by Crippen LogP contribution is 2.58. The van der Waals surface area contributed by atoms with E-state index in [0.717, 1.165) is 5.56 Å². The summed E-state index contributed by atoms with van der Waals surface area (Å²) < 4.78 is 23.4. The van der Waals surface area contributed by atoms with Gasteiger partial charge in [-0.3, -0.25) is 0 Å². The normalized spacial score (nSPS) is 44.8. The molecule has 114 valence electrons. The van der Waals surface area contributed by atoms with Crippen LogP contribution in [-0.2, 0) is 18.9 Å². The largest absolute Gasteiger partial charge is 0.356 e. The minimum Gasteiger partial charge on any atom is -0.356 e. The standard InChI is InChI=1S/C16H19ClO4/c1-18-16-13-10(7-17)12(13)14-11(20-16)8-19-15(21-14)9-5-3-2-4-6-9/h2-6,10-16H,7-8H2,1H3/t10-,11+,12+,13-,14+,15+,16-/m0/s1. The number of hydrogen-bond acceptors (Lipinski definition) is 4. The van der Waals surface area contributed by atoms with Gasteiger partial charge in [0.05, 0.1) is 12.7 Å². The van der Waals surface area contributed by atoms with Crippen LogP contribution < -0.4 is 0 Å². The Hall–Kier alpha value is -0.650. The quantitative estimate of drug-likeness (QED) is 0.804. The van der Waals surface area contributed by atoms with E-state index in [-0.39, 0.29) is 24.8 Å². The lowest BCUT2D eigenvalue weighted by Gasteiger charge is -2.41. The fourth-order valence-corrected chi connectivity index (χ4v) is 4.15. The van der Waals surface area contributed by atoms with Crippen LogP contribution in [0.15, 0.2) is 30.3 Å². The highest BCUT2D eigenvalue weighted by atomic mass is 35.5. The van der Waals surface area contributed by atoms with Crippen molar-refractivity contribution in [3.05, 3.63) is 35.9 Å². The number of rotatable bonds is 3. The zero-order chi connectivity index (χ0) is 14.4. The predicted molar refractivity (Wildman–Crippen MR) is 76.9 cm³/mol. The van der Waals surface area contributed by atoms with E-state index < -0.39 is 0 Å². The Bertz CT molecular complexity index is 496. The molecule has 1 aliphatic carbocycles. The molecule has 0 bridgehead atoms. The Morgan fingerprint density at radius 3 is 2.71 bits per heavy atom. The zero-order valence-corrected chi connectivity index (χ0v) is 12.6. The number of alkyl halides is 1.